The first-order chi connectivity index (χ1) is 13.9. The Kier molecular flexibility index (Phi) is 5.47. The molecule has 4 rings (SSSR count). The first-order valence-corrected chi connectivity index (χ1v) is 9.54. The van der Waals surface area contributed by atoms with Gasteiger partial charge in [0.15, 0.2) is 0 Å². The molecule has 1 aromatic carbocycles. The maximum atomic E-state index is 14.6. The van der Waals surface area contributed by atoms with Crippen molar-refractivity contribution in [2.75, 3.05) is 13.1 Å². The van der Waals surface area contributed by atoms with Gasteiger partial charge in [-0.2, -0.15) is 0 Å². The molecule has 3 aromatic rings. The van der Waals surface area contributed by atoms with Crippen LogP contribution in [0.5, 0.6) is 0 Å². The van der Waals surface area contributed by atoms with E-state index in [2.05, 4.69) is 15.6 Å². The molecular weight excluding hydrogens is 405 g/mol. The normalized spacial score (nSPS) is 19.4. The molecule has 1 aliphatic rings. The van der Waals surface area contributed by atoms with Crippen molar-refractivity contribution < 1.29 is 18.0 Å². The van der Waals surface area contributed by atoms with Gasteiger partial charge in [0.1, 0.15) is 23.0 Å². The Morgan fingerprint density at radius 1 is 1.31 bits per heavy atom. The van der Waals surface area contributed by atoms with Gasteiger partial charge in [-0.15, -0.1) is 0 Å². The fourth-order valence-corrected chi connectivity index (χ4v) is 3.82. The van der Waals surface area contributed by atoms with Gasteiger partial charge in [0.2, 0.25) is 0 Å². The molecule has 1 saturated heterocycles. The van der Waals surface area contributed by atoms with Gasteiger partial charge in [0.05, 0.1) is 22.5 Å². The number of aromatic nitrogens is 2. The van der Waals surface area contributed by atoms with Crippen LogP contribution in [0, 0.1) is 11.6 Å². The van der Waals surface area contributed by atoms with E-state index < -0.39 is 29.8 Å². The fraction of sp³-hybridized carbons (Fsp3) is 0.300. The second-order valence-electron chi connectivity index (χ2n) is 7.00. The molecule has 9 heteroatoms. The molecule has 2 N–H and O–H groups in total. The minimum absolute atomic E-state index is 0.0369. The van der Waals surface area contributed by atoms with Gasteiger partial charge in [0, 0.05) is 25.5 Å². The first kappa shape index (κ1) is 19.7. The van der Waals surface area contributed by atoms with Crippen molar-refractivity contribution in [1.82, 2.24) is 20.2 Å². The van der Waals surface area contributed by atoms with Crippen molar-refractivity contribution in [3.8, 4) is 0 Å². The lowest BCUT2D eigenvalue weighted by molar-refractivity contribution is 0.0893. The van der Waals surface area contributed by atoms with Crippen LogP contribution in [0.25, 0.3) is 10.9 Å². The summed E-state index contributed by atoms with van der Waals surface area (Å²) in [6.07, 6.45) is 2.06. The third-order valence-corrected chi connectivity index (χ3v) is 5.24. The van der Waals surface area contributed by atoms with E-state index in [0.29, 0.717) is 18.5 Å². The van der Waals surface area contributed by atoms with E-state index in [0.717, 1.165) is 12.1 Å². The van der Waals surface area contributed by atoms with E-state index >= 15 is 0 Å². The molecule has 0 bridgehead atoms. The topological polar surface area (TPSA) is 59.0 Å². The van der Waals surface area contributed by atoms with Crippen LogP contribution in [0.15, 0.2) is 36.7 Å². The fourth-order valence-electron chi connectivity index (χ4n) is 3.63. The number of carbonyl (C=O) groups excluding carboxylic acids is 1. The summed E-state index contributed by atoms with van der Waals surface area (Å²) in [7, 11) is 0. The minimum atomic E-state index is -1.25. The lowest BCUT2D eigenvalue weighted by atomic mass is 10.0. The number of carbonyl (C=O) groups is 1. The smallest absolute Gasteiger partial charge is 0.253 e. The van der Waals surface area contributed by atoms with Gasteiger partial charge in [-0.25, -0.2) is 18.2 Å². The van der Waals surface area contributed by atoms with Gasteiger partial charge in [-0.1, -0.05) is 11.6 Å². The summed E-state index contributed by atoms with van der Waals surface area (Å²) >= 11 is 5.90. The van der Waals surface area contributed by atoms with E-state index in [1.165, 1.54) is 17.0 Å². The highest BCUT2D eigenvalue weighted by molar-refractivity contribution is 6.29. The SMILES string of the molecule is O=C(NC1CCNC[C@@H]1F)c1cn(Cc2ccnc(Cl)c2)c2c(F)ccc(F)c12. The maximum absolute atomic E-state index is 14.6. The molecular formula is C20H18ClF3N4O. The highest BCUT2D eigenvalue weighted by Gasteiger charge is 2.28. The molecule has 0 radical (unpaired) electrons. The van der Waals surface area contributed by atoms with Crippen LogP contribution < -0.4 is 10.6 Å². The molecule has 1 aliphatic heterocycles. The zero-order valence-corrected chi connectivity index (χ0v) is 16.0. The summed E-state index contributed by atoms with van der Waals surface area (Å²) in [5, 5.41) is 5.66. The number of nitrogens with zero attached hydrogens (tertiary/aromatic N) is 2. The summed E-state index contributed by atoms with van der Waals surface area (Å²) in [6.45, 7) is 0.864. The Morgan fingerprint density at radius 3 is 2.86 bits per heavy atom. The molecule has 5 nitrogen and oxygen atoms in total. The predicted molar refractivity (Wildman–Crippen MR) is 104 cm³/mol. The third kappa shape index (κ3) is 3.95. The highest BCUT2D eigenvalue weighted by Crippen LogP contribution is 2.28. The van der Waals surface area contributed by atoms with Crippen molar-refractivity contribution in [1.29, 1.82) is 0 Å². The monoisotopic (exact) mass is 422 g/mol. The Hall–Kier alpha value is -2.58. The molecule has 1 amide bonds. The summed E-state index contributed by atoms with van der Waals surface area (Å²) < 4.78 is 44.7. The Morgan fingerprint density at radius 2 is 2.10 bits per heavy atom. The molecule has 29 heavy (non-hydrogen) atoms. The maximum Gasteiger partial charge on any atom is 0.253 e. The lowest BCUT2D eigenvalue weighted by Gasteiger charge is -2.27. The molecule has 0 saturated carbocycles. The van der Waals surface area contributed by atoms with E-state index in [-0.39, 0.29) is 34.7 Å². The highest BCUT2D eigenvalue weighted by atomic mass is 35.5. The number of nitrogens with one attached hydrogen (secondary N) is 2. The quantitative estimate of drug-likeness (QED) is 0.633. The number of hydrogen-bond donors (Lipinski definition) is 2. The van der Waals surface area contributed by atoms with E-state index in [4.69, 9.17) is 11.6 Å². The van der Waals surface area contributed by atoms with Gasteiger partial charge in [-0.3, -0.25) is 4.79 Å². The Bertz CT molecular complexity index is 1070. The molecule has 152 valence electrons. The number of halogens is 4. The van der Waals surface area contributed by atoms with Crippen LogP contribution in [0.3, 0.4) is 0 Å². The van der Waals surface area contributed by atoms with Gasteiger partial charge in [0.25, 0.3) is 5.91 Å². The number of alkyl halides is 1. The number of hydrogen-bond acceptors (Lipinski definition) is 3. The zero-order chi connectivity index (χ0) is 20.5. The van der Waals surface area contributed by atoms with Crippen LogP contribution in [0.2, 0.25) is 5.15 Å². The van der Waals surface area contributed by atoms with Crippen molar-refractivity contribution >= 4 is 28.4 Å². The van der Waals surface area contributed by atoms with E-state index in [9.17, 15) is 18.0 Å². The number of rotatable bonds is 4. The first-order valence-electron chi connectivity index (χ1n) is 9.17. The molecule has 3 heterocycles. The van der Waals surface area contributed by atoms with Crippen LogP contribution in [0.1, 0.15) is 22.3 Å². The second-order valence-corrected chi connectivity index (χ2v) is 7.39. The molecule has 1 unspecified atom stereocenters. The third-order valence-electron chi connectivity index (χ3n) is 5.03. The number of pyridine rings is 1. The van der Waals surface area contributed by atoms with Gasteiger partial charge >= 0.3 is 0 Å². The lowest BCUT2D eigenvalue weighted by Crippen LogP contribution is -2.50. The number of amides is 1. The summed E-state index contributed by atoms with van der Waals surface area (Å²) in [4.78, 5) is 16.7. The minimum Gasteiger partial charge on any atom is -0.346 e. The summed E-state index contributed by atoms with van der Waals surface area (Å²) in [5.74, 6) is -2.02. The standard InChI is InChI=1S/C20H18ClF3N4O/c21-17-7-11(3-6-26-17)9-28-10-12(18-13(22)1-2-14(23)19(18)28)20(29)27-16-4-5-25-8-15(16)24/h1-3,6-7,10,15-16,25H,4-5,8-9H2,(H,27,29)/t15-,16?/m0/s1. The van der Waals surface area contributed by atoms with E-state index in [1.807, 2.05) is 0 Å². The van der Waals surface area contributed by atoms with Crippen LogP contribution in [-0.4, -0.2) is 40.8 Å². The van der Waals surface area contributed by atoms with Crippen molar-refractivity contribution in [3.63, 3.8) is 0 Å². The average Bonchev–Trinajstić information content (AvgIpc) is 3.07. The average molecular weight is 423 g/mol. The van der Waals surface area contributed by atoms with Crippen LogP contribution in [0.4, 0.5) is 13.2 Å². The van der Waals surface area contributed by atoms with Crippen LogP contribution >= 0.6 is 11.6 Å². The molecule has 2 aromatic heterocycles. The molecule has 2 atom stereocenters. The van der Waals surface area contributed by atoms with E-state index in [1.54, 1.807) is 12.1 Å². The number of fused-ring (bicyclic) bond motifs is 1. The molecule has 1 fully saturated rings. The molecule has 0 aliphatic carbocycles. The second kappa shape index (κ2) is 8.04. The van der Waals surface area contributed by atoms with Crippen molar-refractivity contribution in [2.45, 2.75) is 25.2 Å². The van der Waals surface area contributed by atoms with Gasteiger partial charge < -0.3 is 15.2 Å². The largest absolute Gasteiger partial charge is 0.346 e. The summed E-state index contributed by atoms with van der Waals surface area (Å²) in [5.41, 5.74) is 0.632. The molecule has 0 spiro atoms. The number of benzene rings is 1. The van der Waals surface area contributed by atoms with Gasteiger partial charge in [-0.05, 0) is 42.8 Å². The number of piperidine rings is 1. The van der Waals surface area contributed by atoms with Crippen molar-refractivity contribution in [3.05, 3.63) is 64.6 Å². The Balaban J connectivity index is 1.74. The van der Waals surface area contributed by atoms with Crippen LogP contribution in [-0.2, 0) is 6.54 Å². The Labute approximate surface area is 169 Å². The zero-order valence-electron chi connectivity index (χ0n) is 15.3. The van der Waals surface area contributed by atoms with Crippen molar-refractivity contribution in [2.24, 2.45) is 0 Å². The summed E-state index contributed by atoms with van der Waals surface area (Å²) in [6, 6.07) is 4.60. The predicted octanol–water partition coefficient (Wildman–Crippen LogP) is 3.45.